The lowest BCUT2D eigenvalue weighted by Gasteiger charge is -2.43. The third-order valence-corrected chi connectivity index (χ3v) is 10.2. The minimum absolute atomic E-state index is 0.0555. The summed E-state index contributed by atoms with van der Waals surface area (Å²) >= 11 is 0. The summed E-state index contributed by atoms with van der Waals surface area (Å²) in [6, 6.07) is 10.3. The molecule has 0 aromatic rings. The van der Waals surface area contributed by atoms with E-state index in [0.29, 0.717) is 36.3 Å². The summed E-state index contributed by atoms with van der Waals surface area (Å²) in [6.45, 7) is 41.9. The highest BCUT2D eigenvalue weighted by Gasteiger charge is 2.41. The monoisotopic (exact) mass is 575 g/mol. The van der Waals surface area contributed by atoms with Gasteiger partial charge in [0.05, 0.1) is 36.3 Å². The molecule has 0 radical (unpaired) electrons. The topological polar surface area (TPSA) is 0 Å². The quantitative estimate of drug-likeness (QED) is 0.219. The van der Waals surface area contributed by atoms with Crippen molar-refractivity contribution in [2.75, 3.05) is 0 Å². The van der Waals surface area contributed by atoms with Gasteiger partial charge in [0.2, 0.25) is 0 Å². The minimum atomic E-state index is -0.0555. The van der Waals surface area contributed by atoms with Crippen molar-refractivity contribution in [2.24, 2.45) is 16.7 Å². The third kappa shape index (κ3) is 6.87. The molecular weight excluding hydrogens is 508 g/mol. The minimum Gasteiger partial charge on any atom is -0.240 e. The van der Waals surface area contributed by atoms with E-state index in [0.717, 1.165) is 15.4 Å². The zero-order valence-corrected chi connectivity index (χ0v) is 30.9. The second-order valence-electron chi connectivity index (χ2n) is 16.7. The summed E-state index contributed by atoms with van der Waals surface area (Å²) in [5.74, 6) is 7.96. The van der Waals surface area contributed by atoms with Crippen molar-refractivity contribution in [2.45, 2.75) is 167 Å². The van der Waals surface area contributed by atoms with Crippen molar-refractivity contribution in [1.29, 1.82) is 0 Å². The molecule has 0 saturated carbocycles. The summed E-state index contributed by atoms with van der Waals surface area (Å²) in [7, 11) is 0. The van der Waals surface area contributed by atoms with Crippen LogP contribution in [0, 0.1) is 40.7 Å². The Kier molecular flexibility index (Phi) is 11.1. The molecule has 2 heteroatoms. The van der Waals surface area contributed by atoms with Gasteiger partial charge >= 0.3 is 0 Å². The Bertz CT molecular complexity index is 1190. The summed E-state index contributed by atoms with van der Waals surface area (Å²) in [6.07, 6.45) is 8.22. The van der Waals surface area contributed by atoms with Gasteiger partial charge < -0.3 is 0 Å². The van der Waals surface area contributed by atoms with Gasteiger partial charge in [-0.2, -0.15) is 0 Å². The third-order valence-electron chi connectivity index (χ3n) is 10.2. The van der Waals surface area contributed by atoms with Crippen molar-refractivity contribution in [3.63, 3.8) is 0 Å². The lowest BCUT2D eigenvalue weighted by Crippen LogP contribution is -2.58. The molecule has 2 nitrogen and oxygen atoms in total. The van der Waals surface area contributed by atoms with Crippen LogP contribution in [0.25, 0.3) is 0 Å². The van der Waals surface area contributed by atoms with E-state index < -0.39 is 0 Å². The summed E-state index contributed by atoms with van der Waals surface area (Å²) in [5.41, 5.74) is 6.72. The molecule has 234 valence electrons. The van der Waals surface area contributed by atoms with Crippen LogP contribution in [-0.4, -0.2) is 45.2 Å². The molecule has 0 fully saturated rings. The van der Waals surface area contributed by atoms with Crippen LogP contribution in [0.15, 0.2) is 46.1 Å². The van der Waals surface area contributed by atoms with Crippen LogP contribution in [-0.2, 0) is 0 Å². The van der Waals surface area contributed by atoms with Crippen molar-refractivity contribution < 1.29 is 8.97 Å². The van der Waals surface area contributed by atoms with E-state index in [1.165, 1.54) is 27.9 Å². The van der Waals surface area contributed by atoms with Gasteiger partial charge in [0.1, 0.15) is 12.1 Å². The van der Waals surface area contributed by atoms with Crippen LogP contribution in [0.2, 0.25) is 0 Å². The number of nitrogens with zero attached hydrogens (tertiary/aromatic N) is 2. The van der Waals surface area contributed by atoms with Crippen molar-refractivity contribution >= 4 is 0 Å². The zero-order valence-electron chi connectivity index (χ0n) is 30.9. The molecule has 0 aliphatic heterocycles. The number of allylic oxidation sites excluding steroid dienone is 8. The van der Waals surface area contributed by atoms with Gasteiger partial charge in [-0.25, -0.2) is 8.97 Å². The predicted octanol–water partition coefficient (Wildman–Crippen LogP) is 10.2. The smallest absolute Gasteiger partial charge is 0.143 e. The highest BCUT2D eigenvalue weighted by Crippen LogP contribution is 2.47. The van der Waals surface area contributed by atoms with Crippen LogP contribution in [0.4, 0.5) is 0 Å². The molecule has 0 aromatic carbocycles. The van der Waals surface area contributed by atoms with Crippen LogP contribution in [0.1, 0.15) is 131 Å². The Morgan fingerprint density at radius 2 is 1.00 bits per heavy atom. The van der Waals surface area contributed by atoms with Crippen LogP contribution in [0.3, 0.4) is 0 Å². The molecule has 42 heavy (non-hydrogen) atoms. The molecule has 0 heterocycles. The largest absolute Gasteiger partial charge is 0.240 e. The molecule has 2 aliphatic carbocycles. The van der Waals surface area contributed by atoms with Gasteiger partial charge in [0.25, 0.3) is 0 Å². The average Bonchev–Trinajstić information content (AvgIpc) is 2.82. The maximum atomic E-state index is 3.89. The van der Waals surface area contributed by atoms with Gasteiger partial charge in [-0.3, -0.25) is 0 Å². The highest BCUT2D eigenvalue weighted by atomic mass is 15.4. The maximum Gasteiger partial charge on any atom is 0.143 e. The average molecular weight is 575 g/mol. The molecule has 2 rings (SSSR count). The van der Waals surface area contributed by atoms with E-state index in [2.05, 4.69) is 167 Å². The highest BCUT2D eigenvalue weighted by molar-refractivity contribution is 5.64. The molecule has 1 unspecified atom stereocenters. The van der Waals surface area contributed by atoms with Crippen LogP contribution < -0.4 is 0 Å². The zero-order chi connectivity index (χ0) is 32.6. The molecule has 1 atom stereocenters. The Hall–Kier alpha value is -2.00. The summed E-state index contributed by atoms with van der Waals surface area (Å²) in [5, 5.41) is 0. The summed E-state index contributed by atoms with van der Waals surface area (Å²) in [4.78, 5) is 0. The maximum absolute atomic E-state index is 3.89. The van der Waals surface area contributed by atoms with Crippen molar-refractivity contribution in [1.82, 2.24) is 0 Å². The molecule has 0 N–H and O–H groups in total. The SMILES string of the molecule is CC(C)[N+](C#CC1=CC(C(C)(C)C)=C(C#C[N+](C(C)C)(C(C)C)C(C)C)C2=CC=C(C(C)(C)C)CC12)(C(C)C)C(C)C. The molecule has 0 spiro atoms. The fourth-order valence-corrected chi connectivity index (χ4v) is 7.80. The number of quaternary nitrogens is 2. The molecule has 0 saturated heterocycles. The second kappa shape index (κ2) is 12.9. The Labute approximate surface area is 262 Å². The van der Waals surface area contributed by atoms with Crippen LogP contribution >= 0.6 is 0 Å². The molecule has 0 amide bonds. The first-order valence-electron chi connectivity index (χ1n) is 16.8. The predicted molar refractivity (Wildman–Crippen MR) is 185 cm³/mol. The van der Waals surface area contributed by atoms with E-state index in [1.807, 2.05) is 0 Å². The van der Waals surface area contributed by atoms with E-state index in [1.54, 1.807) is 0 Å². The number of fused-ring (bicyclic) bond motifs is 1. The number of hydrogen-bond donors (Lipinski definition) is 0. The Balaban J connectivity index is 3.03. The normalized spacial score (nSPS) is 18.7. The molecular formula is C40H66N2+2. The van der Waals surface area contributed by atoms with E-state index in [-0.39, 0.29) is 16.7 Å². The fourth-order valence-electron chi connectivity index (χ4n) is 7.80. The van der Waals surface area contributed by atoms with Gasteiger partial charge in [-0.1, -0.05) is 59.3 Å². The first-order chi connectivity index (χ1) is 19.0. The first kappa shape index (κ1) is 36.2. The first-order valence-corrected chi connectivity index (χ1v) is 16.8. The van der Waals surface area contributed by atoms with E-state index in [9.17, 15) is 0 Å². The van der Waals surface area contributed by atoms with E-state index in [4.69, 9.17) is 0 Å². The van der Waals surface area contributed by atoms with Crippen molar-refractivity contribution in [3.05, 3.63) is 46.1 Å². The van der Waals surface area contributed by atoms with Gasteiger partial charge in [-0.05, 0) is 129 Å². The molecule has 0 aromatic heterocycles. The van der Waals surface area contributed by atoms with Gasteiger partial charge in [0.15, 0.2) is 0 Å². The summed E-state index contributed by atoms with van der Waals surface area (Å²) < 4.78 is 1.58. The second-order valence-corrected chi connectivity index (χ2v) is 16.7. The lowest BCUT2D eigenvalue weighted by molar-refractivity contribution is -0.925. The fraction of sp³-hybridized carbons (Fsp3) is 0.700. The number of rotatable bonds is 6. The van der Waals surface area contributed by atoms with E-state index >= 15 is 0 Å². The molecule has 0 bridgehead atoms. The lowest BCUT2D eigenvalue weighted by atomic mass is 9.67. The Morgan fingerprint density at radius 3 is 1.36 bits per heavy atom. The molecule has 2 aliphatic rings. The van der Waals surface area contributed by atoms with Crippen LogP contribution in [0.5, 0.6) is 0 Å². The number of hydrogen-bond acceptors (Lipinski definition) is 0. The van der Waals surface area contributed by atoms with Crippen molar-refractivity contribution in [3.8, 4) is 23.9 Å². The van der Waals surface area contributed by atoms with Gasteiger partial charge in [0, 0.05) is 17.1 Å². The standard InChI is InChI=1S/C40H66N2/c1-27(2)41(28(3)4,29(5)6)23-21-33-25-38(40(16,17)18)36(22-24-42(30(7)8,31(9)10)32(11)12)35-20-19-34(26-37(33)35)39(13,14)15/h19-20,25,27-32,37H,26H2,1-18H3/q+2. The Morgan fingerprint density at radius 1 is 0.595 bits per heavy atom. The van der Waals surface area contributed by atoms with Gasteiger partial charge in [-0.15, -0.1) is 0 Å².